The molecule has 0 aromatic heterocycles. The molecule has 13 aromatic rings. The van der Waals surface area contributed by atoms with E-state index in [1.165, 1.54) is 143 Å². The molecule has 1 aliphatic rings. The van der Waals surface area contributed by atoms with Crippen molar-refractivity contribution in [3.05, 3.63) is 242 Å². The molecule has 0 N–H and O–H groups in total. The lowest BCUT2D eigenvalue weighted by molar-refractivity contribution is 0.415. The first-order valence-corrected chi connectivity index (χ1v) is 25.3. The van der Waals surface area contributed by atoms with Crippen LogP contribution >= 0.6 is 0 Å². The van der Waals surface area contributed by atoms with E-state index >= 15 is 0 Å². The van der Waals surface area contributed by atoms with Crippen LogP contribution in [0.15, 0.2) is 231 Å². The molecule has 0 spiro atoms. The normalized spacial score (nSPS) is 12.8. The van der Waals surface area contributed by atoms with Crippen molar-refractivity contribution in [3.8, 4) is 78.3 Å². The van der Waals surface area contributed by atoms with E-state index in [1.807, 2.05) is 0 Å². The van der Waals surface area contributed by atoms with Crippen LogP contribution in [0.3, 0.4) is 0 Å². The zero-order valence-corrected chi connectivity index (χ0v) is 41.3. The van der Waals surface area contributed by atoms with E-state index in [2.05, 4.69) is 244 Å². The molecular formula is C71H50O2. The monoisotopic (exact) mass is 934 g/mol. The molecule has 0 saturated carbocycles. The molecule has 2 nitrogen and oxygen atoms in total. The SMILES string of the molecule is COc1ccc(-c2c3ccccc3c(-c3ccc4c(c3)C(C)(C)c3cc(-c5c6ccccc6c(-c6c7ccccc7c(-c7ccc(OC)cc7)c7ccccc67)c6ccccc56)ccc3-4)c3ccccc23)cc1. The van der Waals surface area contributed by atoms with Crippen LogP contribution in [0.2, 0.25) is 0 Å². The highest BCUT2D eigenvalue weighted by atomic mass is 16.5. The summed E-state index contributed by atoms with van der Waals surface area (Å²) in [6.45, 7) is 4.83. The van der Waals surface area contributed by atoms with Crippen molar-refractivity contribution in [3.63, 3.8) is 0 Å². The molecule has 13 aromatic carbocycles. The van der Waals surface area contributed by atoms with Crippen LogP contribution in [-0.2, 0) is 5.41 Å². The third kappa shape index (κ3) is 6.43. The van der Waals surface area contributed by atoms with Gasteiger partial charge < -0.3 is 9.47 Å². The van der Waals surface area contributed by atoms with Gasteiger partial charge in [0.1, 0.15) is 11.5 Å². The van der Waals surface area contributed by atoms with Crippen molar-refractivity contribution in [1.82, 2.24) is 0 Å². The lowest BCUT2D eigenvalue weighted by atomic mass is 9.79. The Hall–Kier alpha value is -8.98. The zero-order valence-electron chi connectivity index (χ0n) is 41.3. The zero-order chi connectivity index (χ0) is 49.0. The Bertz CT molecular complexity index is 4230. The van der Waals surface area contributed by atoms with Crippen LogP contribution < -0.4 is 9.47 Å². The molecule has 73 heavy (non-hydrogen) atoms. The van der Waals surface area contributed by atoms with Gasteiger partial charge in [-0.05, 0) is 179 Å². The van der Waals surface area contributed by atoms with E-state index in [0.29, 0.717) is 0 Å². The summed E-state index contributed by atoms with van der Waals surface area (Å²) >= 11 is 0. The fourth-order valence-electron chi connectivity index (χ4n) is 12.7. The Labute approximate surface area is 425 Å². The second-order valence-electron chi connectivity index (χ2n) is 20.1. The average Bonchev–Trinajstić information content (AvgIpc) is 3.67. The molecule has 2 heteroatoms. The highest BCUT2D eigenvalue weighted by molar-refractivity contribution is 6.30. The molecule has 0 radical (unpaired) electrons. The van der Waals surface area contributed by atoms with E-state index in [9.17, 15) is 0 Å². The molecular weight excluding hydrogens is 885 g/mol. The lowest BCUT2D eigenvalue weighted by Crippen LogP contribution is -2.15. The van der Waals surface area contributed by atoms with E-state index in [-0.39, 0.29) is 5.41 Å². The number of ether oxygens (including phenoxy) is 2. The minimum atomic E-state index is -0.264. The molecule has 0 saturated heterocycles. The summed E-state index contributed by atoms with van der Waals surface area (Å²) in [5, 5.41) is 14.9. The molecule has 0 bridgehead atoms. The van der Waals surface area contributed by atoms with Gasteiger partial charge >= 0.3 is 0 Å². The summed E-state index contributed by atoms with van der Waals surface area (Å²) in [4.78, 5) is 0. The molecule has 0 amide bonds. The lowest BCUT2D eigenvalue weighted by Gasteiger charge is -2.24. The first kappa shape index (κ1) is 42.9. The van der Waals surface area contributed by atoms with Gasteiger partial charge in [0.2, 0.25) is 0 Å². The second kappa shape index (κ2) is 16.6. The number of hydrogen-bond acceptors (Lipinski definition) is 2. The Balaban J connectivity index is 0.944. The molecule has 0 aliphatic heterocycles. The summed E-state index contributed by atoms with van der Waals surface area (Å²) in [5.41, 5.74) is 17.4. The third-order valence-corrected chi connectivity index (χ3v) is 16.1. The smallest absolute Gasteiger partial charge is 0.118 e. The van der Waals surface area contributed by atoms with Crippen LogP contribution in [0.25, 0.3) is 131 Å². The standard InChI is InChI=1S/C71H50O2/c1-71(2)63-41-45(67-53-19-7-5-17-51(53)65(52-18-6-8-20-54(52)67)43-29-35-47(72-3)36-30-43)33-39-49(63)50-40-34-46(42-64(50)71)68-57-23-11-15-27-61(57)70(62-28-16-12-24-58(62)68)69-59-25-13-9-21-55(59)66(56-22-10-14-26-60(56)69)44-31-37-48(73-4)38-32-44/h5-42H,1-4H3. The predicted octanol–water partition coefficient (Wildman–Crippen LogP) is 19.3. The van der Waals surface area contributed by atoms with Gasteiger partial charge in [-0.15, -0.1) is 0 Å². The van der Waals surface area contributed by atoms with Gasteiger partial charge in [0, 0.05) is 5.41 Å². The summed E-state index contributed by atoms with van der Waals surface area (Å²) in [7, 11) is 3.45. The van der Waals surface area contributed by atoms with Gasteiger partial charge in [0.15, 0.2) is 0 Å². The van der Waals surface area contributed by atoms with E-state index < -0.39 is 0 Å². The van der Waals surface area contributed by atoms with E-state index in [0.717, 1.165) is 11.5 Å². The Morgan fingerprint density at radius 2 is 0.466 bits per heavy atom. The second-order valence-corrected chi connectivity index (χ2v) is 20.1. The first-order chi connectivity index (χ1) is 35.9. The van der Waals surface area contributed by atoms with Gasteiger partial charge in [0.05, 0.1) is 14.2 Å². The highest BCUT2D eigenvalue weighted by Gasteiger charge is 2.36. The van der Waals surface area contributed by atoms with Crippen LogP contribution in [0.5, 0.6) is 11.5 Å². The number of methoxy groups -OCH3 is 2. The fraction of sp³-hybridized carbons (Fsp3) is 0.0704. The minimum absolute atomic E-state index is 0.264. The van der Waals surface area contributed by atoms with Crippen molar-refractivity contribution < 1.29 is 9.47 Å². The highest BCUT2D eigenvalue weighted by Crippen LogP contribution is 2.55. The van der Waals surface area contributed by atoms with Crippen molar-refractivity contribution in [2.24, 2.45) is 0 Å². The maximum Gasteiger partial charge on any atom is 0.118 e. The van der Waals surface area contributed by atoms with Crippen molar-refractivity contribution in [2.45, 2.75) is 19.3 Å². The first-order valence-electron chi connectivity index (χ1n) is 25.3. The quantitative estimate of drug-likeness (QED) is 0.148. The van der Waals surface area contributed by atoms with Crippen LogP contribution in [-0.4, -0.2) is 14.2 Å². The van der Waals surface area contributed by atoms with Gasteiger partial charge in [-0.3, -0.25) is 0 Å². The summed E-state index contributed by atoms with van der Waals surface area (Å²) in [5.74, 6) is 1.71. The number of hydrogen-bond donors (Lipinski definition) is 0. The van der Waals surface area contributed by atoms with Crippen LogP contribution in [0, 0.1) is 0 Å². The maximum absolute atomic E-state index is 5.59. The molecule has 14 rings (SSSR count). The Morgan fingerprint density at radius 3 is 0.712 bits per heavy atom. The summed E-state index contributed by atoms with van der Waals surface area (Å²) in [6, 6.07) is 85.5. The predicted molar refractivity (Wildman–Crippen MR) is 309 cm³/mol. The number of benzene rings is 13. The molecule has 0 heterocycles. The average molecular weight is 935 g/mol. The van der Waals surface area contributed by atoms with Crippen molar-refractivity contribution in [2.75, 3.05) is 14.2 Å². The van der Waals surface area contributed by atoms with Gasteiger partial charge in [-0.2, -0.15) is 0 Å². The molecule has 0 atom stereocenters. The molecule has 0 fully saturated rings. The Morgan fingerprint density at radius 1 is 0.247 bits per heavy atom. The molecule has 346 valence electrons. The largest absolute Gasteiger partial charge is 0.497 e. The van der Waals surface area contributed by atoms with Gasteiger partial charge in [-0.25, -0.2) is 0 Å². The van der Waals surface area contributed by atoms with E-state index in [4.69, 9.17) is 9.47 Å². The Kier molecular flexibility index (Phi) is 9.72. The number of fused-ring (bicyclic) bond motifs is 9. The van der Waals surface area contributed by atoms with Gasteiger partial charge in [-0.1, -0.05) is 208 Å². The van der Waals surface area contributed by atoms with Crippen LogP contribution in [0.4, 0.5) is 0 Å². The third-order valence-electron chi connectivity index (χ3n) is 16.1. The molecule has 0 unspecified atom stereocenters. The number of rotatable bonds is 7. The summed E-state index contributed by atoms with van der Waals surface area (Å²) in [6.07, 6.45) is 0. The van der Waals surface area contributed by atoms with Gasteiger partial charge in [0.25, 0.3) is 0 Å². The maximum atomic E-state index is 5.59. The topological polar surface area (TPSA) is 18.5 Å². The van der Waals surface area contributed by atoms with Crippen molar-refractivity contribution >= 4 is 64.6 Å². The van der Waals surface area contributed by atoms with E-state index in [1.54, 1.807) is 14.2 Å². The molecule has 1 aliphatic carbocycles. The van der Waals surface area contributed by atoms with Crippen molar-refractivity contribution in [1.29, 1.82) is 0 Å². The fourth-order valence-corrected chi connectivity index (χ4v) is 12.7. The summed E-state index contributed by atoms with van der Waals surface area (Å²) < 4.78 is 11.1. The van der Waals surface area contributed by atoms with Crippen LogP contribution in [0.1, 0.15) is 25.0 Å². The minimum Gasteiger partial charge on any atom is -0.497 e.